The second kappa shape index (κ2) is 7.08. The van der Waals surface area contributed by atoms with Crippen molar-refractivity contribution in [3.05, 3.63) is 57.6 Å². The molecule has 1 aliphatic rings. The first-order chi connectivity index (χ1) is 13.2. The number of sulfone groups is 1. The lowest BCUT2D eigenvalue weighted by atomic mass is 10.1. The number of nitrogens with zero attached hydrogens (tertiary/aromatic N) is 1. The quantitative estimate of drug-likeness (QED) is 0.575. The summed E-state index contributed by atoms with van der Waals surface area (Å²) in [4.78, 5) is 15.0. The van der Waals surface area contributed by atoms with Crippen molar-refractivity contribution in [3.8, 4) is 0 Å². The van der Waals surface area contributed by atoms with Crippen molar-refractivity contribution in [3.63, 3.8) is 0 Å². The Balaban J connectivity index is 1.73. The first kappa shape index (κ1) is 19.3. The number of fused-ring (bicyclic) bond motifs is 1. The Morgan fingerprint density at radius 1 is 1.21 bits per heavy atom. The van der Waals surface area contributed by atoms with Crippen LogP contribution in [0.1, 0.15) is 34.1 Å². The van der Waals surface area contributed by atoms with E-state index in [2.05, 4.69) is 15.9 Å². The highest BCUT2D eigenvalue weighted by Gasteiger charge is 2.37. The van der Waals surface area contributed by atoms with E-state index in [1.165, 1.54) is 0 Å². The molecular weight excluding hydrogens is 446 g/mol. The minimum atomic E-state index is -3.14. The molecule has 1 amide bonds. The van der Waals surface area contributed by atoms with Gasteiger partial charge in [0.05, 0.1) is 18.1 Å². The van der Waals surface area contributed by atoms with Gasteiger partial charge in [-0.15, -0.1) is 0 Å². The van der Waals surface area contributed by atoms with Gasteiger partial charge in [-0.3, -0.25) is 4.79 Å². The maximum Gasteiger partial charge on any atom is 0.290 e. The topological polar surface area (TPSA) is 80.7 Å². The first-order valence-corrected chi connectivity index (χ1v) is 11.6. The summed E-state index contributed by atoms with van der Waals surface area (Å²) in [5.41, 5.74) is 1.36. The predicted octanol–water partition coefficient (Wildman–Crippen LogP) is 4.23. The van der Waals surface area contributed by atoms with Crippen LogP contribution >= 0.6 is 15.9 Å². The van der Waals surface area contributed by atoms with Gasteiger partial charge in [0.15, 0.2) is 15.6 Å². The maximum absolute atomic E-state index is 13.4. The van der Waals surface area contributed by atoms with Crippen molar-refractivity contribution >= 4 is 42.6 Å². The summed E-state index contributed by atoms with van der Waals surface area (Å²) in [6.07, 6.45) is 0.415. The fraction of sp³-hybridized carbons (Fsp3) is 0.350. The van der Waals surface area contributed by atoms with Gasteiger partial charge in [-0.25, -0.2) is 8.42 Å². The Hall–Kier alpha value is -2.06. The van der Waals surface area contributed by atoms with E-state index in [4.69, 9.17) is 8.83 Å². The number of halogens is 1. The van der Waals surface area contributed by atoms with Gasteiger partial charge in [-0.1, -0.05) is 15.9 Å². The second-order valence-electron chi connectivity index (χ2n) is 7.20. The van der Waals surface area contributed by atoms with Crippen molar-refractivity contribution in [1.29, 1.82) is 0 Å². The zero-order chi connectivity index (χ0) is 20.1. The highest BCUT2D eigenvalue weighted by Crippen LogP contribution is 2.31. The number of carbonyl (C=O) groups is 1. The molecule has 4 rings (SSSR count). The lowest BCUT2D eigenvalue weighted by molar-refractivity contribution is 0.0634. The van der Waals surface area contributed by atoms with Gasteiger partial charge in [0.1, 0.15) is 17.1 Å². The summed E-state index contributed by atoms with van der Waals surface area (Å²) in [5, 5.41) is 0.852. The van der Waals surface area contributed by atoms with Crippen molar-refractivity contribution < 1.29 is 22.0 Å². The predicted molar refractivity (Wildman–Crippen MR) is 109 cm³/mol. The van der Waals surface area contributed by atoms with Gasteiger partial charge >= 0.3 is 0 Å². The Bertz CT molecular complexity index is 1160. The third kappa shape index (κ3) is 3.63. The minimum Gasteiger partial charge on any atom is -0.464 e. The molecule has 0 spiro atoms. The van der Waals surface area contributed by atoms with Gasteiger partial charge in [0.25, 0.3) is 5.91 Å². The van der Waals surface area contributed by atoms with Gasteiger partial charge < -0.3 is 13.7 Å². The Morgan fingerprint density at radius 2 is 2.00 bits per heavy atom. The number of hydrogen-bond donors (Lipinski definition) is 0. The Morgan fingerprint density at radius 3 is 2.64 bits per heavy atom. The van der Waals surface area contributed by atoms with Crippen LogP contribution < -0.4 is 0 Å². The molecule has 8 heteroatoms. The zero-order valence-corrected chi connectivity index (χ0v) is 18.0. The zero-order valence-electron chi connectivity index (χ0n) is 15.6. The van der Waals surface area contributed by atoms with E-state index in [0.717, 1.165) is 21.2 Å². The smallest absolute Gasteiger partial charge is 0.290 e. The van der Waals surface area contributed by atoms with Crippen molar-refractivity contribution in [2.24, 2.45) is 0 Å². The summed E-state index contributed by atoms with van der Waals surface area (Å²) in [6, 6.07) is 8.80. The highest BCUT2D eigenvalue weighted by molar-refractivity contribution is 9.10. The van der Waals surface area contributed by atoms with Crippen LogP contribution in [0.2, 0.25) is 0 Å². The third-order valence-corrected chi connectivity index (χ3v) is 7.37. The van der Waals surface area contributed by atoms with Crippen LogP contribution in [0.25, 0.3) is 11.0 Å². The standard InChI is InChI=1S/C20H20BrNO5S/c1-12-3-5-16(26-12)10-22(15-7-8-28(24,25)11-15)20(23)19-13(2)17-9-14(21)4-6-18(17)27-19/h3-6,9,15H,7-8,10-11H2,1-2H3/t15-/m0/s1. The van der Waals surface area contributed by atoms with E-state index >= 15 is 0 Å². The van der Waals surface area contributed by atoms with E-state index in [-0.39, 0.29) is 29.7 Å². The molecule has 6 nitrogen and oxygen atoms in total. The number of carbonyl (C=O) groups excluding carboxylic acids is 1. The molecule has 2 aromatic heterocycles. The Labute approximate surface area is 171 Å². The fourth-order valence-corrected chi connectivity index (χ4v) is 5.75. The van der Waals surface area contributed by atoms with Gasteiger partial charge in [-0.2, -0.15) is 0 Å². The van der Waals surface area contributed by atoms with E-state index in [1.807, 2.05) is 44.2 Å². The Kier molecular flexibility index (Phi) is 4.87. The second-order valence-corrected chi connectivity index (χ2v) is 10.3. The molecule has 0 saturated carbocycles. The molecule has 1 saturated heterocycles. The monoisotopic (exact) mass is 465 g/mol. The van der Waals surface area contributed by atoms with Gasteiger partial charge in [0, 0.05) is 21.5 Å². The third-order valence-electron chi connectivity index (χ3n) is 5.12. The molecule has 0 unspecified atom stereocenters. The molecule has 1 atom stereocenters. The first-order valence-electron chi connectivity index (χ1n) is 8.99. The highest BCUT2D eigenvalue weighted by atomic mass is 79.9. The lowest BCUT2D eigenvalue weighted by Crippen LogP contribution is -2.40. The molecule has 28 heavy (non-hydrogen) atoms. The largest absolute Gasteiger partial charge is 0.464 e. The average molecular weight is 466 g/mol. The number of aryl methyl sites for hydroxylation is 2. The summed E-state index contributed by atoms with van der Waals surface area (Å²) in [6.45, 7) is 3.87. The summed E-state index contributed by atoms with van der Waals surface area (Å²) in [7, 11) is -3.14. The molecule has 0 aliphatic carbocycles. The minimum absolute atomic E-state index is 0.0384. The molecular formula is C20H20BrNO5S. The normalized spacial score (nSPS) is 18.6. The lowest BCUT2D eigenvalue weighted by Gasteiger charge is -2.26. The van der Waals surface area contributed by atoms with Gasteiger partial charge in [-0.05, 0) is 50.6 Å². The molecule has 3 aromatic rings. The number of amides is 1. The van der Waals surface area contributed by atoms with E-state index in [1.54, 1.807) is 4.90 Å². The van der Waals surface area contributed by atoms with Crippen molar-refractivity contribution in [2.45, 2.75) is 32.9 Å². The van der Waals surface area contributed by atoms with Crippen LogP contribution in [-0.2, 0) is 16.4 Å². The van der Waals surface area contributed by atoms with Crippen LogP contribution in [0.3, 0.4) is 0 Å². The molecule has 1 aliphatic heterocycles. The molecule has 0 radical (unpaired) electrons. The van der Waals surface area contributed by atoms with Gasteiger partial charge in [0.2, 0.25) is 0 Å². The summed E-state index contributed by atoms with van der Waals surface area (Å²) in [5.74, 6) is 1.33. The SMILES string of the molecule is Cc1ccc(CN(C(=O)c2oc3ccc(Br)cc3c2C)[C@H]2CCS(=O)(=O)C2)o1. The van der Waals surface area contributed by atoms with E-state index < -0.39 is 15.9 Å². The molecule has 0 N–H and O–H groups in total. The van der Waals surface area contributed by atoms with E-state index in [0.29, 0.717) is 17.8 Å². The molecule has 3 heterocycles. The van der Waals surface area contributed by atoms with Crippen molar-refractivity contribution in [2.75, 3.05) is 11.5 Å². The van der Waals surface area contributed by atoms with Crippen LogP contribution in [0.5, 0.6) is 0 Å². The molecule has 1 fully saturated rings. The number of furan rings is 2. The summed E-state index contributed by atoms with van der Waals surface area (Å²) < 4.78 is 36.4. The van der Waals surface area contributed by atoms with Crippen LogP contribution in [-0.4, -0.2) is 36.8 Å². The van der Waals surface area contributed by atoms with Crippen LogP contribution in [0.15, 0.2) is 43.6 Å². The van der Waals surface area contributed by atoms with E-state index in [9.17, 15) is 13.2 Å². The summed E-state index contributed by atoms with van der Waals surface area (Å²) >= 11 is 3.44. The van der Waals surface area contributed by atoms with Crippen molar-refractivity contribution in [1.82, 2.24) is 4.90 Å². The fourth-order valence-electron chi connectivity index (χ4n) is 3.65. The number of hydrogen-bond acceptors (Lipinski definition) is 5. The molecule has 1 aromatic carbocycles. The van der Waals surface area contributed by atoms with Crippen LogP contribution in [0, 0.1) is 13.8 Å². The number of benzene rings is 1. The maximum atomic E-state index is 13.4. The molecule has 0 bridgehead atoms. The molecule has 148 valence electrons. The number of rotatable bonds is 4. The average Bonchev–Trinajstić information content (AvgIpc) is 3.30. The van der Waals surface area contributed by atoms with Crippen LogP contribution in [0.4, 0.5) is 0 Å².